The van der Waals surface area contributed by atoms with Crippen molar-refractivity contribution >= 4 is 0 Å². The van der Waals surface area contributed by atoms with Crippen molar-refractivity contribution in [1.29, 1.82) is 0 Å². The fourth-order valence-corrected chi connectivity index (χ4v) is 2.64. The predicted molar refractivity (Wildman–Crippen MR) is 79.6 cm³/mol. The number of halogens is 1. The van der Waals surface area contributed by atoms with E-state index in [1.807, 2.05) is 26.8 Å². The Hall–Kier alpha value is -1.85. The van der Waals surface area contributed by atoms with Crippen LogP contribution < -0.4 is 16.0 Å². The maximum absolute atomic E-state index is 13.8. The zero-order valence-electron chi connectivity index (χ0n) is 12.8. The van der Waals surface area contributed by atoms with Gasteiger partial charge in [-0.25, -0.2) is 4.39 Å². The number of ether oxygens (including phenoxy) is 1. The highest BCUT2D eigenvalue weighted by atomic mass is 19.1. The summed E-state index contributed by atoms with van der Waals surface area (Å²) in [5.74, 6) is 7.26. The van der Waals surface area contributed by atoms with Crippen molar-refractivity contribution in [2.75, 3.05) is 7.11 Å². The van der Waals surface area contributed by atoms with Crippen molar-refractivity contribution in [3.63, 3.8) is 0 Å². The lowest BCUT2D eigenvalue weighted by Crippen LogP contribution is -2.30. The van der Waals surface area contributed by atoms with Gasteiger partial charge in [-0.2, -0.15) is 0 Å². The molecule has 4 nitrogen and oxygen atoms in total. The zero-order chi connectivity index (χ0) is 15.6. The van der Waals surface area contributed by atoms with Gasteiger partial charge >= 0.3 is 0 Å². The van der Waals surface area contributed by atoms with Crippen LogP contribution in [0.5, 0.6) is 5.75 Å². The number of methoxy groups -OCH3 is 1. The topological polar surface area (TPSA) is 60.4 Å². The highest BCUT2D eigenvalue weighted by Gasteiger charge is 2.21. The minimum atomic E-state index is -0.373. The second-order valence-electron chi connectivity index (χ2n) is 5.15. The van der Waals surface area contributed by atoms with Crippen molar-refractivity contribution < 1.29 is 13.5 Å². The third-order valence-corrected chi connectivity index (χ3v) is 3.82. The summed E-state index contributed by atoms with van der Waals surface area (Å²) >= 11 is 0. The highest BCUT2D eigenvalue weighted by molar-refractivity contribution is 5.36. The molecule has 2 aromatic rings. The van der Waals surface area contributed by atoms with Gasteiger partial charge in [-0.3, -0.25) is 11.3 Å². The van der Waals surface area contributed by atoms with Crippen molar-refractivity contribution in [2.45, 2.75) is 33.2 Å². The predicted octanol–water partition coefficient (Wildman–Crippen LogP) is 3.10. The van der Waals surface area contributed by atoms with Gasteiger partial charge in [0.25, 0.3) is 0 Å². The second kappa shape index (κ2) is 6.28. The van der Waals surface area contributed by atoms with Crippen molar-refractivity contribution in [3.8, 4) is 5.75 Å². The van der Waals surface area contributed by atoms with Gasteiger partial charge in [0.15, 0.2) is 11.6 Å². The van der Waals surface area contributed by atoms with Crippen molar-refractivity contribution in [2.24, 2.45) is 5.84 Å². The number of hydrazine groups is 1. The Morgan fingerprint density at radius 2 is 2.00 bits per heavy atom. The molecule has 0 aliphatic heterocycles. The Morgan fingerprint density at radius 3 is 2.48 bits per heavy atom. The van der Waals surface area contributed by atoms with Crippen LogP contribution in [0.1, 0.15) is 34.3 Å². The van der Waals surface area contributed by atoms with Gasteiger partial charge in [-0.05, 0) is 50.5 Å². The number of benzene rings is 1. The van der Waals surface area contributed by atoms with E-state index in [1.54, 1.807) is 6.07 Å². The van der Waals surface area contributed by atoms with E-state index in [-0.39, 0.29) is 17.6 Å². The summed E-state index contributed by atoms with van der Waals surface area (Å²) in [5.41, 5.74) is 5.74. The molecule has 114 valence electrons. The Morgan fingerprint density at radius 1 is 1.29 bits per heavy atom. The lowest BCUT2D eigenvalue weighted by atomic mass is 9.96. The van der Waals surface area contributed by atoms with Crippen LogP contribution >= 0.6 is 0 Å². The fraction of sp³-hybridized carbons (Fsp3) is 0.375. The summed E-state index contributed by atoms with van der Waals surface area (Å²) in [6.45, 7) is 5.83. The summed E-state index contributed by atoms with van der Waals surface area (Å²) in [5, 5.41) is 0. The molecular weight excluding hydrogens is 271 g/mol. The molecule has 1 aromatic carbocycles. The van der Waals surface area contributed by atoms with E-state index in [0.29, 0.717) is 6.42 Å². The van der Waals surface area contributed by atoms with E-state index in [1.165, 1.54) is 13.2 Å². The summed E-state index contributed by atoms with van der Waals surface area (Å²) in [6, 6.07) is 4.80. The van der Waals surface area contributed by atoms with Crippen LogP contribution in [0.3, 0.4) is 0 Å². The number of hydrogen-bond acceptors (Lipinski definition) is 4. The van der Waals surface area contributed by atoms with E-state index in [9.17, 15) is 4.39 Å². The summed E-state index contributed by atoms with van der Waals surface area (Å²) in [4.78, 5) is 0. The first-order chi connectivity index (χ1) is 9.97. The molecular formula is C16H21FN2O2. The number of hydrogen-bond donors (Lipinski definition) is 2. The minimum Gasteiger partial charge on any atom is -0.494 e. The molecule has 0 radical (unpaired) electrons. The van der Waals surface area contributed by atoms with Crippen LogP contribution in [-0.4, -0.2) is 7.11 Å². The molecule has 1 aromatic heterocycles. The fourth-order valence-electron chi connectivity index (χ4n) is 2.64. The van der Waals surface area contributed by atoms with Crippen molar-refractivity contribution in [3.05, 3.63) is 52.2 Å². The van der Waals surface area contributed by atoms with E-state index >= 15 is 0 Å². The average Bonchev–Trinajstić information content (AvgIpc) is 2.70. The third-order valence-electron chi connectivity index (χ3n) is 3.82. The van der Waals surface area contributed by atoms with E-state index in [0.717, 1.165) is 28.2 Å². The Kier molecular flexibility index (Phi) is 4.65. The zero-order valence-corrected chi connectivity index (χ0v) is 12.8. The third kappa shape index (κ3) is 3.09. The molecule has 0 bridgehead atoms. The van der Waals surface area contributed by atoms with Crippen molar-refractivity contribution in [1.82, 2.24) is 5.43 Å². The number of nitrogens with two attached hydrogens (primary N) is 1. The van der Waals surface area contributed by atoms with Crippen LogP contribution in [0.25, 0.3) is 0 Å². The first-order valence-corrected chi connectivity index (χ1v) is 6.83. The van der Waals surface area contributed by atoms with Gasteiger partial charge in [0, 0.05) is 5.56 Å². The van der Waals surface area contributed by atoms with E-state index in [2.05, 4.69) is 5.43 Å². The average molecular weight is 292 g/mol. The van der Waals surface area contributed by atoms with Crippen LogP contribution in [0.4, 0.5) is 4.39 Å². The molecule has 3 N–H and O–H groups in total. The molecule has 1 unspecified atom stereocenters. The standard InChI is InChI=1S/C16H21FN2O2/c1-9-10(2)21-11(3)16(9)14(19-18)8-12-5-6-15(20-4)13(17)7-12/h5-7,14,19H,8,18H2,1-4H3. The van der Waals surface area contributed by atoms with Gasteiger partial charge in [0.1, 0.15) is 11.5 Å². The molecule has 0 spiro atoms. The maximum atomic E-state index is 13.8. The van der Waals surface area contributed by atoms with Crippen LogP contribution in [-0.2, 0) is 6.42 Å². The maximum Gasteiger partial charge on any atom is 0.165 e. The van der Waals surface area contributed by atoms with Crippen LogP contribution in [0.15, 0.2) is 22.6 Å². The smallest absolute Gasteiger partial charge is 0.165 e. The highest BCUT2D eigenvalue weighted by Crippen LogP contribution is 2.29. The summed E-state index contributed by atoms with van der Waals surface area (Å²) < 4.78 is 24.3. The molecule has 0 saturated heterocycles. The molecule has 1 heterocycles. The summed E-state index contributed by atoms with van der Waals surface area (Å²) in [6.07, 6.45) is 0.568. The molecule has 0 aliphatic carbocycles. The molecule has 0 aliphatic rings. The van der Waals surface area contributed by atoms with Crippen LogP contribution in [0, 0.1) is 26.6 Å². The van der Waals surface area contributed by atoms with Crippen LogP contribution in [0.2, 0.25) is 0 Å². The number of furan rings is 1. The molecule has 2 rings (SSSR count). The Balaban J connectivity index is 2.29. The first kappa shape index (κ1) is 15.5. The monoisotopic (exact) mass is 292 g/mol. The molecule has 0 amide bonds. The molecule has 21 heavy (non-hydrogen) atoms. The molecule has 1 atom stereocenters. The first-order valence-electron chi connectivity index (χ1n) is 6.83. The van der Waals surface area contributed by atoms with Gasteiger partial charge < -0.3 is 9.15 Å². The number of nitrogens with one attached hydrogen (secondary N) is 1. The van der Waals surface area contributed by atoms with E-state index in [4.69, 9.17) is 15.0 Å². The number of rotatable bonds is 5. The lowest BCUT2D eigenvalue weighted by molar-refractivity contribution is 0.386. The SMILES string of the molecule is COc1ccc(CC(NN)c2c(C)oc(C)c2C)cc1F. The largest absolute Gasteiger partial charge is 0.494 e. The minimum absolute atomic E-state index is 0.129. The second-order valence-corrected chi connectivity index (χ2v) is 5.15. The molecule has 5 heteroatoms. The normalized spacial score (nSPS) is 12.5. The van der Waals surface area contributed by atoms with E-state index < -0.39 is 0 Å². The van der Waals surface area contributed by atoms with Gasteiger partial charge in [-0.15, -0.1) is 0 Å². The molecule has 0 fully saturated rings. The summed E-state index contributed by atoms with van der Waals surface area (Å²) in [7, 11) is 1.45. The van der Waals surface area contributed by atoms with Gasteiger partial charge in [-0.1, -0.05) is 6.07 Å². The van der Waals surface area contributed by atoms with Gasteiger partial charge in [0.2, 0.25) is 0 Å². The lowest BCUT2D eigenvalue weighted by Gasteiger charge is -2.17. The number of aryl methyl sites for hydroxylation is 2. The Labute approximate surface area is 124 Å². The molecule has 0 saturated carbocycles. The van der Waals surface area contributed by atoms with Gasteiger partial charge in [0.05, 0.1) is 13.2 Å². The Bertz CT molecular complexity index is 637. The quantitative estimate of drug-likeness (QED) is 0.656.